The second-order valence-corrected chi connectivity index (χ2v) is 12.6. The van der Waals surface area contributed by atoms with Gasteiger partial charge in [-0.25, -0.2) is 29.1 Å². The summed E-state index contributed by atoms with van der Waals surface area (Å²) in [5.74, 6) is -3.52. The molecule has 0 saturated heterocycles. The maximum Gasteiger partial charge on any atom is 0.335 e. The van der Waals surface area contributed by atoms with E-state index in [1.165, 1.54) is 0 Å². The van der Waals surface area contributed by atoms with Crippen LogP contribution in [0.5, 0.6) is 0 Å². The molecule has 0 saturated carbocycles. The summed E-state index contributed by atoms with van der Waals surface area (Å²) in [6.07, 6.45) is 8.09. The van der Waals surface area contributed by atoms with Crippen molar-refractivity contribution in [3.63, 3.8) is 0 Å². The zero-order valence-electron chi connectivity index (χ0n) is 32.2. The Kier molecular flexibility index (Phi) is 17.4. The van der Waals surface area contributed by atoms with Gasteiger partial charge < -0.3 is 30.4 Å². The quantitative estimate of drug-likeness (QED) is 0.0924. The van der Waals surface area contributed by atoms with Gasteiger partial charge in [-0.2, -0.15) is 0 Å². The van der Waals surface area contributed by atoms with Crippen LogP contribution in [0.15, 0.2) is 170 Å². The van der Waals surface area contributed by atoms with Crippen molar-refractivity contribution in [3.8, 4) is 0 Å². The molecule has 6 N–H and O–H groups in total. The van der Waals surface area contributed by atoms with Gasteiger partial charge in [0.1, 0.15) is 0 Å². The Morgan fingerprint density at radius 2 is 0.525 bits per heavy atom. The number of carboxylic acids is 4. The molecule has 0 unspecified atom stereocenters. The Morgan fingerprint density at radius 1 is 0.328 bits per heavy atom. The van der Waals surface area contributed by atoms with Gasteiger partial charge in [0, 0.05) is 39.1 Å². The predicted molar refractivity (Wildman–Crippen MR) is 232 cm³/mol. The molecule has 13 heteroatoms. The molecule has 12 nitrogen and oxygen atoms in total. The van der Waals surface area contributed by atoms with Crippen molar-refractivity contribution in [3.05, 3.63) is 215 Å². The SMILES string of the molecule is C1=Cc2cc3ccc(cc4nc(cc5ccc(cc1n2)[nH]5)C=C4)[nH]3.O=C(O)c1ccccc1.O=C(O)c1ccccc1.O=C(O)c1ccccc1.O=C(O)c1ccccc1.[Mn]. The number of hydrogen-bond acceptors (Lipinski definition) is 6. The first-order valence-electron chi connectivity index (χ1n) is 18.2. The number of fused-ring (bicyclic) bond motifs is 8. The molecule has 0 atom stereocenters. The largest absolute Gasteiger partial charge is 0.478 e. The summed E-state index contributed by atoms with van der Waals surface area (Å²) in [6, 6.07) is 49.5. The van der Waals surface area contributed by atoms with Crippen LogP contribution in [0.2, 0.25) is 0 Å². The smallest absolute Gasteiger partial charge is 0.335 e. The van der Waals surface area contributed by atoms with Crippen molar-refractivity contribution < 1.29 is 56.7 Å². The first kappa shape index (κ1) is 45.6. The molecule has 4 aromatic carbocycles. The average Bonchev–Trinajstić information content (AvgIpc) is 4.11. The first-order valence-corrected chi connectivity index (χ1v) is 18.2. The molecule has 8 bridgehead atoms. The van der Waals surface area contributed by atoms with Gasteiger partial charge in [0.15, 0.2) is 0 Å². The van der Waals surface area contributed by atoms with E-state index in [1.54, 1.807) is 121 Å². The minimum atomic E-state index is -0.879. The number of aromatic nitrogens is 4. The molecule has 9 rings (SSSR count). The van der Waals surface area contributed by atoms with Gasteiger partial charge in [-0.1, -0.05) is 72.8 Å². The van der Waals surface area contributed by atoms with Crippen LogP contribution >= 0.6 is 0 Å². The Hall–Kier alpha value is -8.12. The number of nitrogens with one attached hydrogen (secondary N) is 2. The average molecular weight is 854 g/mol. The van der Waals surface area contributed by atoms with E-state index in [0.717, 1.165) is 44.8 Å². The topological polar surface area (TPSA) is 207 Å². The van der Waals surface area contributed by atoms with Gasteiger partial charge in [-0.15, -0.1) is 0 Å². The molecule has 1 radical (unpaired) electrons. The molecule has 2 aliphatic heterocycles. The first-order chi connectivity index (χ1) is 29.0. The van der Waals surface area contributed by atoms with Gasteiger partial charge in [0.2, 0.25) is 0 Å². The predicted octanol–water partition coefficient (Wildman–Crippen LogP) is 10.2. The van der Waals surface area contributed by atoms with E-state index < -0.39 is 23.9 Å². The summed E-state index contributed by atoms with van der Waals surface area (Å²) in [7, 11) is 0. The molecular weight excluding hydrogens is 815 g/mol. The van der Waals surface area contributed by atoms with Crippen molar-refractivity contribution in [1.29, 1.82) is 0 Å². The van der Waals surface area contributed by atoms with Gasteiger partial charge in [-0.3, -0.25) is 0 Å². The van der Waals surface area contributed by atoms with Gasteiger partial charge >= 0.3 is 23.9 Å². The van der Waals surface area contributed by atoms with Crippen molar-refractivity contribution >= 4 is 70.2 Å². The number of carbonyl (C=O) groups is 4. The van der Waals surface area contributed by atoms with E-state index >= 15 is 0 Å². The maximum absolute atomic E-state index is 10.2. The minimum Gasteiger partial charge on any atom is -0.478 e. The van der Waals surface area contributed by atoms with E-state index in [0.29, 0.717) is 22.3 Å². The Bertz CT molecular complexity index is 2400. The van der Waals surface area contributed by atoms with Crippen molar-refractivity contribution in [2.24, 2.45) is 0 Å². The molecule has 5 heterocycles. The van der Waals surface area contributed by atoms with Crippen LogP contribution in [-0.2, 0) is 17.1 Å². The fourth-order valence-corrected chi connectivity index (χ4v) is 5.27. The van der Waals surface area contributed by atoms with Crippen LogP contribution in [0, 0.1) is 0 Å². The van der Waals surface area contributed by atoms with Crippen LogP contribution in [0.3, 0.4) is 0 Å². The van der Waals surface area contributed by atoms with Crippen LogP contribution in [-0.4, -0.2) is 64.2 Å². The number of hydrogen-bond donors (Lipinski definition) is 6. The fourth-order valence-electron chi connectivity index (χ4n) is 5.27. The molecule has 61 heavy (non-hydrogen) atoms. The molecule has 3 aromatic heterocycles. The maximum atomic E-state index is 10.2. The molecule has 0 spiro atoms. The summed E-state index contributed by atoms with van der Waals surface area (Å²) in [6.45, 7) is 0. The van der Waals surface area contributed by atoms with Crippen molar-refractivity contribution in [2.45, 2.75) is 0 Å². The normalized spacial score (nSPS) is 10.2. The number of carboxylic acid groups (broad SMARTS) is 4. The third-order valence-corrected chi connectivity index (χ3v) is 8.12. The number of nitrogens with zero attached hydrogens (tertiary/aromatic N) is 2. The number of rotatable bonds is 4. The molecule has 0 amide bonds. The summed E-state index contributed by atoms with van der Waals surface area (Å²) in [5.41, 5.74) is 9.18. The minimum absolute atomic E-state index is 0. The third-order valence-electron chi connectivity index (χ3n) is 8.12. The van der Waals surface area contributed by atoms with Gasteiger partial charge in [0.05, 0.1) is 45.0 Å². The van der Waals surface area contributed by atoms with Crippen molar-refractivity contribution in [1.82, 2.24) is 19.9 Å². The van der Waals surface area contributed by atoms with E-state index in [-0.39, 0.29) is 17.1 Å². The molecular formula is C48H38MnN4O8. The second-order valence-electron chi connectivity index (χ2n) is 12.6. The van der Waals surface area contributed by atoms with E-state index in [4.69, 9.17) is 20.4 Å². The summed E-state index contributed by atoms with van der Waals surface area (Å²) in [5, 5.41) is 33.5. The summed E-state index contributed by atoms with van der Waals surface area (Å²) < 4.78 is 0. The molecule has 7 aromatic rings. The zero-order valence-corrected chi connectivity index (χ0v) is 33.3. The Balaban J connectivity index is 0.000000185. The molecule has 2 aliphatic rings. The summed E-state index contributed by atoms with van der Waals surface area (Å²) >= 11 is 0. The zero-order chi connectivity index (χ0) is 42.7. The monoisotopic (exact) mass is 853 g/mol. The number of aromatic amines is 2. The van der Waals surface area contributed by atoms with Gasteiger partial charge in [-0.05, 0) is 121 Å². The van der Waals surface area contributed by atoms with E-state index in [2.05, 4.69) is 44.2 Å². The Labute approximate surface area is 360 Å². The van der Waals surface area contributed by atoms with E-state index in [1.807, 2.05) is 48.6 Å². The standard InChI is InChI=1S/C20H14N4.4C7H6O2.Mn/c1-2-14-10-16-5-6-18(23-16)12-20-8-7-19(24-20)11-17-4-3-15(22-17)9-13(1)21-14;4*8-7(9)6-4-2-1-3-5-6;/h1-12,21,24H;4*1-5H,(H,8,9);. The van der Waals surface area contributed by atoms with Crippen LogP contribution in [0.1, 0.15) is 64.2 Å². The van der Waals surface area contributed by atoms with Crippen LogP contribution < -0.4 is 0 Å². The van der Waals surface area contributed by atoms with E-state index in [9.17, 15) is 19.2 Å². The Morgan fingerprint density at radius 3 is 0.689 bits per heavy atom. The summed E-state index contributed by atoms with van der Waals surface area (Å²) in [4.78, 5) is 56.8. The van der Waals surface area contributed by atoms with Crippen LogP contribution in [0.4, 0.5) is 0 Å². The molecule has 0 fully saturated rings. The fraction of sp³-hybridized carbons (Fsp3) is 0. The number of benzene rings is 4. The van der Waals surface area contributed by atoms with Crippen molar-refractivity contribution in [2.75, 3.05) is 0 Å². The third kappa shape index (κ3) is 15.3. The molecule has 0 aliphatic carbocycles. The second kappa shape index (κ2) is 23.3. The van der Waals surface area contributed by atoms with Gasteiger partial charge in [0.25, 0.3) is 0 Å². The number of aromatic carboxylic acids is 4. The van der Waals surface area contributed by atoms with Crippen LogP contribution in [0.25, 0.3) is 46.4 Å². The number of H-pyrrole nitrogens is 2. The molecule has 305 valence electrons.